The Labute approximate surface area is 240 Å². The molecular weight excluding hydrogens is 633 g/mol. The summed E-state index contributed by atoms with van der Waals surface area (Å²) in [6.07, 6.45) is -9.22. The SMILES string of the molecule is C[C@H](NC(=O)CCS(C)(=O)=O)NC(=O)c1ccc(C=CC(c2cc(Cl)c(Cl)c(Cl)c2)C(F)(F)F)cc1C(F)(F)F. The molecule has 2 rings (SSSR count). The first-order valence-corrected chi connectivity index (χ1v) is 14.3. The number of benzene rings is 2. The maximum Gasteiger partial charge on any atom is 0.417 e. The van der Waals surface area contributed by atoms with Crippen LogP contribution >= 0.6 is 34.8 Å². The van der Waals surface area contributed by atoms with Crippen LogP contribution in [0.1, 0.15) is 46.3 Å². The number of allylic oxidation sites excluding steroid dienone is 1. The largest absolute Gasteiger partial charge is 0.417 e. The normalized spacial score (nSPS) is 14.2. The molecule has 2 aromatic carbocycles. The first kappa shape index (κ1) is 33.7. The number of alkyl halides is 6. The van der Waals surface area contributed by atoms with Crippen molar-refractivity contribution in [3.05, 3.63) is 73.7 Å². The summed E-state index contributed by atoms with van der Waals surface area (Å²) in [5.74, 6) is -4.78. The van der Waals surface area contributed by atoms with Crippen LogP contribution in [-0.4, -0.2) is 44.6 Å². The van der Waals surface area contributed by atoms with E-state index in [1.807, 2.05) is 0 Å². The Bertz CT molecular complexity index is 1390. The van der Waals surface area contributed by atoms with Gasteiger partial charge < -0.3 is 10.6 Å². The third-order valence-electron chi connectivity index (χ3n) is 5.22. The molecule has 1 unspecified atom stereocenters. The monoisotopic (exact) mass is 652 g/mol. The molecule has 0 aromatic heterocycles. The van der Waals surface area contributed by atoms with Crippen LogP contribution in [0.5, 0.6) is 0 Å². The Balaban J connectivity index is 2.33. The molecule has 0 aliphatic carbocycles. The van der Waals surface area contributed by atoms with Crippen molar-refractivity contribution >= 4 is 62.5 Å². The number of halogens is 9. The molecule has 0 saturated carbocycles. The molecular formula is C24H21Cl3F6N2O4S. The number of amides is 2. The minimum Gasteiger partial charge on any atom is -0.336 e. The summed E-state index contributed by atoms with van der Waals surface area (Å²) >= 11 is 17.4. The quantitative estimate of drug-likeness (QED) is 0.180. The van der Waals surface area contributed by atoms with Crippen molar-refractivity contribution in [2.24, 2.45) is 0 Å². The van der Waals surface area contributed by atoms with Crippen molar-refractivity contribution in [1.29, 1.82) is 0 Å². The van der Waals surface area contributed by atoms with Gasteiger partial charge in [-0.1, -0.05) is 53.0 Å². The molecule has 2 amide bonds. The molecule has 0 heterocycles. The van der Waals surface area contributed by atoms with Gasteiger partial charge in [-0.15, -0.1) is 0 Å². The minimum atomic E-state index is -5.07. The smallest absolute Gasteiger partial charge is 0.336 e. The number of hydrogen-bond acceptors (Lipinski definition) is 4. The highest BCUT2D eigenvalue weighted by Gasteiger charge is 2.40. The molecule has 2 N–H and O–H groups in total. The highest BCUT2D eigenvalue weighted by Crippen LogP contribution is 2.41. The van der Waals surface area contributed by atoms with Crippen molar-refractivity contribution < 1.29 is 44.3 Å². The summed E-state index contributed by atoms with van der Waals surface area (Å²) in [4.78, 5) is 24.4. The molecule has 220 valence electrons. The second-order valence-electron chi connectivity index (χ2n) is 8.62. The van der Waals surface area contributed by atoms with Crippen molar-refractivity contribution in [1.82, 2.24) is 10.6 Å². The van der Waals surface area contributed by atoms with Crippen LogP contribution in [0.4, 0.5) is 26.3 Å². The summed E-state index contributed by atoms with van der Waals surface area (Å²) < 4.78 is 105. The van der Waals surface area contributed by atoms with Crippen LogP contribution < -0.4 is 10.6 Å². The number of carbonyl (C=O) groups excluding carboxylic acids is 2. The second kappa shape index (κ2) is 13.0. The maximum atomic E-state index is 13.8. The van der Waals surface area contributed by atoms with Crippen LogP contribution in [0.25, 0.3) is 6.08 Å². The maximum absolute atomic E-state index is 13.8. The van der Waals surface area contributed by atoms with Gasteiger partial charge in [0.15, 0.2) is 0 Å². The zero-order chi connectivity index (χ0) is 30.6. The van der Waals surface area contributed by atoms with Crippen molar-refractivity contribution in [3.63, 3.8) is 0 Å². The van der Waals surface area contributed by atoms with E-state index in [1.54, 1.807) is 0 Å². The molecule has 0 radical (unpaired) electrons. The summed E-state index contributed by atoms with van der Waals surface area (Å²) in [5.41, 5.74) is -3.00. The molecule has 40 heavy (non-hydrogen) atoms. The lowest BCUT2D eigenvalue weighted by Crippen LogP contribution is -2.46. The van der Waals surface area contributed by atoms with Gasteiger partial charge in [-0.25, -0.2) is 8.42 Å². The van der Waals surface area contributed by atoms with Gasteiger partial charge in [0.05, 0.1) is 44.0 Å². The zero-order valence-electron chi connectivity index (χ0n) is 20.6. The number of rotatable bonds is 9. The number of nitrogens with one attached hydrogen (secondary N) is 2. The standard InChI is InChI=1S/C24H21Cl3F6N2O4S/c1-12(34-20(36)7-8-40(2,38)39)35-22(37)15-5-3-13(9-17(15)24(31,32)33)4-6-16(23(28,29)30)14-10-18(25)21(27)19(26)11-14/h3-6,9-12,16H,7-8H2,1-2H3,(H,34,36)(H,35,37)/t12-,16?/m1/s1. The van der Waals surface area contributed by atoms with Gasteiger partial charge in [0, 0.05) is 12.7 Å². The van der Waals surface area contributed by atoms with Crippen molar-refractivity contribution in [3.8, 4) is 0 Å². The number of carbonyl (C=O) groups is 2. The molecule has 16 heteroatoms. The number of hydrogen-bond donors (Lipinski definition) is 2. The molecule has 0 spiro atoms. The van der Waals surface area contributed by atoms with Crippen LogP contribution in [0, 0.1) is 0 Å². The molecule has 2 aromatic rings. The van der Waals surface area contributed by atoms with E-state index in [4.69, 9.17) is 34.8 Å². The summed E-state index contributed by atoms with van der Waals surface area (Å²) in [6, 6.07) is 4.15. The minimum absolute atomic E-state index is 0.163. The summed E-state index contributed by atoms with van der Waals surface area (Å²) in [7, 11) is -3.45. The van der Waals surface area contributed by atoms with Crippen LogP contribution in [0.3, 0.4) is 0 Å². The second-order valence-corrected chi connectivity index (χ2v) is 12.1. The topological polar surface area (TPSA) is 92.3 Å². The fraction of sp³-hybridized carbons (Fsp3) is 0.333. The summed E-state index contributed by atoms with van der Waals surface area (Å²) in [5, 5.41) is 3.72. The van der Waals surface area contributed by atoms with Crippen molar-refractivity contribution in [2.45, 2.75) is 37.8 Å². The predicted octanol–water partition coefficient (Wildman–Crippen LogP) is 6.65. The van der Waals surface area contributed by atoms with Gasteiger partial charge in [-0.2, -0.15) is 26.3 Å². The van der Waals surface area contributed by atoms with E-state index >= 15 is 0 Å². The van der Waals surface area contributed by atoms with E-state index in [0.29, 0.717) is 12.1 Å². The lowest BCUT2D eigenvalue weighted by Gasteiger charge is -2.19. The highest BCUT2D eigenvalue weighted by molar-refractivity contribution is 7.90. The van der Waals surface area contributed by atoms with Gasteiger partial charge in [-0.3, -0.25) is 9.59 Å². The molecule has 0 bridgehead atoms. The lowest BCUT2D eigenvalue weighted by atomic mass is 9.96. The van der Waals surface area contributed by atoms with E-state index < -0.39 is 75.0 Å². The van der Waals surface area contributed by atoms with E-state index in [9.17, 15) is 44.3 Å². The van der Waals surface area contributed by atoms with E-state index in [0.717, 1.165) is 36.6 Å². The lowest BCUT2D eigenvalue weighted by molar-refractivity contribution is -0.139. The predicted molar refractivity (Wildman–Crippen MR) is 140 cm³/mol. The number of sulfone groups is 1. The van der Waals surface area contributed by atoms with E-state index in [1.165, 1.54) is 6.92 Å². The van der Waals surface area contributed by atoms with Crippen molar-refractivity contribution in [2.75, 3.05) is 12.0 Å². The molecule has 0 aliphatic heterocycles. The Kier molecular flexibility index (Phi) is 11.0. The Hall–Kier alpha value is -2.48. The Morgan fingerprint density at radius 2 is 1.55 bits per heavy atom. The van der Waals surface area contributed by atoms with Gasteiger partial charge in [0.2, 0.25) is 5.91 Å². The van der Waals surface area contributed by atoms with Gasteiger partial charge in [0.25, 0.3) is 5.91 Å². The first-order valence-electron chi connectivity index (χ1n) is 11.1. The first-order chi connectivity index (χ1) is 18.2. The Morgan fingerprint density at radius 3 is 2.05 bits per heavy atom. The fourth-order valence-corrected chi connectivity index (χ4v) is 4.54. The van der Waals surface area contributed by atoms with Gasteiger partial charge in [-0.05, 0) is 42.3 Å². The average Bonchev–Trinajstić information content (AvgIpc) is 2.79. The summed E-state index contributed by atoms with van der Waals surface area (Å²) in [6.45, 7) is 1.24. The van der Waals surface area contributed by atoms with E-state index in [2.05, 4.69) is 10.6 Å². The third-order valence-corrected chi connectivity index (χ3v) is 7.36. The van der Waals surface area contributed by atoms with Crippen LogP contribution in [-0.2, 0) is 20.8 Å². The molecule has 0 fully saturated rings. The fourth-order valence-electron chi connectivity index (χ4n) is 3.37. The molecule has 0 saturated heterocycles. The molecule has 0 aliphatic rings. The molecule has 2 atom stereocenters. The molecule has 6 nitrogen and oxygen atoms in total. The van der Waals surface area contributed by atoms with Gasteiger partial charge in [0.1, 0.15) is 9.84 Å². The van der Waals surface area contributed by atoms with E-state index in [-0.39, 0.29) is 20.6 Å². The van der Waals surface area contributed by atoms with Crippen LogP contribution in [0.15, 0.2) is 36.4 Å². The van der Waals surface area contributed by atoms with Crippen LogP contribution in [0.2, 0.25) is 15.1 Å². The average molecular weight is 654 g/mol. The Morgan fingerprint density at radius 1 is 0.975 bits per heavy atom. The zero-order valence-corrected chi connectivity index (χ0v) is 23.6. The highest BCUT2D eigenvalue weighted by atomic mass is 35.5. The third kappa shape index (κ3) is 9.86. The van der Waals surface area contributed by atoms with Gasteiger partial charge >= 0.3 is 12.4 Å².